The van der Waals surface area contributed by atoms with Crippen molar-refractivity contribution in [1.82, 2.24) is 5.32 Å². The van der Waals surface area contributed by atoms with Crippen molar-refractivity contribution in [3.8, 4) is 0 Å². The second-order valence-corrected chi connectivity index (χ2v) is 5.83. The summed E-state index contributed by atoms with van der Waals surface area (Å²) in [5.74, 6) is -1.21. The number of carbonyl (C=O) groups excluding carboxylic acids is 1. The van der Waals surface area contributed by atoms with Crippen molar-refractivity contribution >= 4 is 33.9 Å². The van der Waals surface area contributed by atoms with Gasteiger partial charge in [0, 0.05) is 10.5 Å². The van der Waals surface area contributed by atoms with Crippen LogP contribution in [-0.2, 0) is 9.59 Å². The molecular weight excluding hydrogens is 322 g/mol. The van der Waals surface area contributed by atoms with Gasteiger partial charge in [0.1, 0.15) is 6.04 Å². The molecular formula is C15H18BrNO3. The van der Waals surface area contributed by atoms with Gasteiger partial charge >= 0.3 is 5.97 Å². The van der Waals surface area contributed by atoms with E-state index >= 15 is 0 Å². The molecule has 0 aromatic heterocycles. The molecule has 1 aromatic carbocycles. The number of hydrogen-bond acceptors (Lipinski definition) is 2. The van der Waals surface area contributed by atoms with Crippen molar-refractivity contribution in [2.24, 2.45) is 5.92 Å². The lowest BCUT2D eigenvalue weighted by atomic mass is 10.0. The second-order valence-electron chi connectivity index (χ2n) is 4.91. The molecule has 0 aliphatic rings. The molecule has 1 aromatic rings. The SMILES string of the molecule is CC(C)CC(NC(=O)/C=C/c1ccc(Br)cc1)C(=O)O. The van der Waals surface area contributed by atoms with Gasteiger partial charge in [-0.25, -0.2) is 4.79 Å². The molecule has 4 nitrogen and oxygen atoms in total. The van der Waals surface area contributed by atoms with Gasteiger partial charge in [-0.3, -0.25) is 4.79 Å². The summed E-state index contributed by atoms with van der Waals surface area (Å²) in [7, 11) is 0. The molecule has 2 N–H and O–H groups in total. The van der Waals surface area contributed by atoms with E-state index in [0.717, 1.165) is 10.0 Å². The van der Waals surface area contributed by atoms with Crippen LogP contribution in [0, 0.1) is 5.92 Å². The Kier molecular flexibility index (Phi) is 6.45. The molecule has 108 valence electrons. The molecule has 0 spiro atoms. The molecule has 1 amide bonds. The number of hydrogen-bond donors (Lipinski definition) is 2. The molecule has 0 saturated heterocycles. The molecule has 5 heteroatoms. The fraction of sp³-hybridized carbons (Fsp3) is 0.333. The van der Waals surface area contributed by atoms with Crippen LogP contribution in [0.1, 0.15) is 25.8 Å². The van der Waals surface area contributed by atoms with Gasteiger partial charge in [-0.2, -0.15) is 0 Å². The van der Waals surface area contributed by atoms with E-state index in [0.29, 0.717) is 6.42 Å². The van der Waals surface area contributed by atoms with Crippen LogP contribution in [-0.4, -0.2) is 23.0 Å². The molecule has 0 aliphatic heterocycles. The summed E-state index contributed by atoms with van der Waals surface area (Å²) in [6, 6.07) is 6.61. The summed E-state index contributed by atoms with van der Waals surface area (Å²) < 4.78 is 0.960. The number of aliphatic carboxylic acids is 1. The highest BCUT2D eigenvalue weighted by molar-refractivity contribution is 9.10. The molecule has 1 rings (SSSR count). The molecule has 20 heavy (non-hydrogen) atoms. The van der Waals surface area contributed by atoms with Gasteiger partial charge in [0.25, 0.3) is 0 Å². The van der Waals surface area contributed by atoms with Crippen LogP contribution >= 0.6 is 15.9 Å². The number of benzene rings is 1. The molecule has 0 fully saturated rings. The fourth-order valence-electron chi connectivity index (χ4n) is 1.66. The van der Waals surface area contributed by atoms with Crippen LogP contribution < -0.4 is 5.32 Å². The van der Waals surface area contributed by atoms with E-state index in [9.17, 15) is 9.59 Å². The van der Waals surface area contributed by atoms with E-state index in [1.165, 1.54) is 6.08 Å². The molecule has 0 aliphatic carbocycles. The highest BCUT2D eigenvalue weighted by Crippen LogP contribution is 2.11. The standard InChI is InChI=1S/C15H18BrNO3/c1-10(2)9-13(15(19)20)17-14(18)8-5-11-3-6-12(16)7-4-11/h3-8,10,13H,9H2,1-2H3,(H,17,18)(H,19,20)/b8-5+. The number of amides is 1. The second kappa shape index (κ2) is 7.85. The van der Waals surface area contributed by atoms with Crippen molar-refractivity contribution in [3.63, 3.8) is 0 Å². The van der Waals surface area contributed by atoms with Gasteiger partial charge in [0.05, 0.1) is 0 Å². The Morgan fingerprint density at radius 1 is 1.30 bits per heavy atom. The minimum Gasteiger partial charge on any atom is -0.480 e. The lowest BCUT2D eigenvalue weighted by Crippen LogP contribution is -2.40. The smallest absolute Gasteiger partial charge is 0.326 e. The lowest BCUT2D eigenvalue weighted by molar-refractivity contribution is -0.141. The average Bonchev–Trinajstić information content (AvgIpc) is 2.36. The zero-order valence-corrected chi connectivity index (χ0v) is 13.1. The highest BCUT2D eigenvalue weighted by atomic mass is 79.9. The molecule has 0 bridgehead atoms. The third-order valence-corrected chi connectivity index (χ3v) is 3.15. The largest absolute Gasteiger partial charge is 0.480 e. The molecule has 1 unspecified atom stereocenters. The van der Waals surface area contributed by atoms with E-state index in [-0.39, 0.29) is 5.92 Å². The number of rotatable bonds is 6. The summed E-state index contributed by atoms with van der Waals surface area (Å²) in [6.45, 7) is 3.83. The number of carboxylic acids is 1. The molecule has 1 atom stereocenters. The predicted octanol–water partition coefficient (Wildman–Crippen LogP) is 3.08. The van der Waals surface area contributed by atoms with Crippen molar-refractivity contribution in [1.29, 1.82) is 0 Å². The Morgan fingerprint density at radius 3 is 2.40 bits per heavy atom. The zero-order chi connectivity index (χ0) is 15.1. The summed E-state index contributed by atoms with van der Waals surface area (Å²) in [4.78, 5) is 22.7. The van der Waals surface area contributed by atoms with Crippen molar-refractivity contribution in [3.05, 3.63) is 40.4 Å². The van der Waals surface area contributed by atoms with Crippen LogP contribution in [0.4, 0.5) is 0 Å². The third-order valence-electron chi connectivity index (χ3n) is 2.62. The Hall–Kier alpha value is -1.62. The van der Waals surface area contributed by atoms with E-state index in [2.05, 4.69) is 21.2 Å². The maximum atomic E-state index is 11.7. The van der Waals surface area contributed by atoms with E-state index in [1.54, 1.807) is 6.08 Å². The Morgan fingerprint density at radius 2 is 1.90 bits per heavy atom. The fourth-order valence-corrected chi connectivity index (χ4v) is 1.92. The minimum atomic E-state index is -1.01. The predicted molar refractivity (Wildman–Crippen MR) is 82.2 cm³/mol. The number of nitrogens with one attached hydrogen (secondary N) is 1. The minimum absolute atomic E-state index is 0.201. The van der Waals surface area contributed by atoms with Crippen LogP contribution in [0.15, 0.2) is 34.8 Å². The van der Waals surface area contributed by atoms with Crippen LogP contribution in [0.5, 0.6) is 0 Å². The monoisotopic (exact) mass is 339 g/mol. The normalized spacial score (nSPS) is 12.6. The summed E-state index contributed by atoms with van der Waals surface area (Å²) in [6.07, 6.45) is 3.41. The van der Waals surface area contributed by atoms with E-state index < -0.39 is 17.9 Å². The van der Waals surface area contributed by atoms with Gasteiger partial charge in [-0.15, -0.1) is 0 Å². The highest BCUT2D eigenvalue weighted by Gasteiger charge is 2.19. The summed E-state index contributed by atoms with van der Waals surface area (Å²) >= 11 is 3.33. The van der Waals surface area contributed by atoms with Crippen LogP contribution in [0.3, 0.4) is 0 Å². The van der Waals surface area contributed by atoms with Gasteiger partial charge in [-0.1, -0.05) is 41.9 Å². The van der Waals surface area contributed by atoms with E-state index in [1.807, 2.05) is 38.1 Å². The quantitative estimate of drug-likeness (QED) is 0.782. The van der Waals surface area contributed by atoms with Gasteiger partial charge in [-0.05, 0) is 36.1 Å². The number of carbonyl (C=O) groups is 2. The first kappa shape index (κ1) is 16.4. The summed E-state index contributed by atoms with van der Waals surface area (Å²) in [5.41, 5.74) is 0.874. The molecule has 0 heterocycles. The zero-order valence-electron chi connectivity index (χ0n) is 11.5. The van der Waals surface area contributed by atoms with Gasteiger partial charge in [0.15, 0.2) is 0 Å². The Balaban J connectivity index is 2.61. The summed E-state index contributed by atoms with van der Waals surface area (Å²) in [5, 5.41) is 11.5. The maximum absolute atomic E-state index is 11.7. The third kappa shape index (κ3) is 6.02. The van der Waals surface area contributed by atoms with E-state index in [4.69, 9.17) is 5.11 Å². The van der Waals surface area contributed by atoms with Gasteiger partial charge in [0.2, 0.25) is 5.91 Å². The first-order valence-electron chi connectivity index (χ1n) is 6.35. The Bertz CT molecular complexity index is 494. The van der Waals surface area contributed by atoms with Crippen molar-refractivity contribution in [2.75, 3.05) is 0 Å². The maximum Gasteiger partial charge on any atom is 0.326 e. The Labute approximate surface area is 127 Å². The average molecular weight is 340 g/mol. The van der Waals surface area contributed by atoms with Crippen LogP contribution in [0.25, 0.3) is 6.08 Å². The molecule has 0 radical (unpaired) electrons. The van der Waals surface area contributed by atoms with Crippen molar-refractivity contribution in [2.45, 2.75) is 26.3 Å². The first-order chi connectivity index (χ1) is 9.38. The van der Waals surface area contributed by atoms with Crippen LogP contribution in [0.2, 0.25) is 0 Å². The molecule has 0 saturated carbocycles. The first-order valence-corrected chi connectivity index (χ1v) is 7.14. The number of halogens is 1. The van der Waals surface area contributed by atoms with Gasteiger partial charge < -0.3 is 10.4 Å². The lowest BCUT2D eigenvalue weighted by Gasteiger charge is -2.15. The topological polar surface area (TPSA) is 66.4 Å². The van der Waals surface area contributed by atoms with Crippen molar-refractivity contribution < 1.29 is 14.7 Å². The number of carboxylic acid groups (broad SMARTS) is 1.